The van der Waals surface area contributed by atoms with E-state index in [2.05, 4.69) is 0 Å². The van der Waals surface area contributed by atoms with E-state index in [1.165, 1.54) is 6.92 Å². The average molecular weight is 170 g/mol. The highest BCUT2D eigenvalue weighted by molar-refractivity contribution is 5.77. The first kappa shape index (κ1) is 10.9. The summed E-state index contributed by atoms with van der Waals surface area (Å²) in [5.74, 6) is 0.306. The summed E-state index contributed by atoms with van der Waals surface area (Å²) in [5, 5.41) is 8.72. The molecule has 68 valence electrons. The van der Waals surface area contributed by atoms with Crippen LogP contribution >= 0.6 is 0 Å². The molecule has 0 aliphatic carbocycles. The maximum atomic E-state index is 10.6. The smallest absolute Gasteiger partial charge is 0.311 e. The second-order valence-corrected chi connectivity index (χ2v) is 3.31. The van der Waals surface area contributed by atoms with Gasteiger partial charge >= 0.3 is 5.97 Å². The van der Waals surface area contributed by atoms with Crippen molar-refractivity contribution in [2.45, 2.75) is 27.2 Å². The fraction of sp³-hybridized carbons (Fsp3) is 0.667. The molecule has 3 heteroatoms. The molecule has 0 aromatic heterocycles. The number of rotatable bonds is 4. The Hall–Kier alpha value is -1.08. The van der Waals surface area contributed by atoms with Crippen LogP contribution in [0, 0.1) is 11.8 Å². The van der Waals surface area contributed by atoms with Crippen LogP contribution in [0.2, 0.25) is 0 Å². The van der Waals surface area contributed by atoms with Gasteiger partial charge in [0.1, 0.15) is 5.94 Å². The Kier molecular flexibility index (Phi) is 4.30. The average Bonchev–Trinajstić information content (AvgIpc) is 1.98. The molecule has 0 unspecified atom stereocenters. The first-order valence-corrected chi connectivity index (χ1v) is 3.93. The van der Waals surface area contributed by atoms with E-state index in [4.69, 9.17) is 5.11 Å². The predicted octanol–water partition coefficient (Wildman–Crippen LogP) is 1.51. The second kappa shape index (κ2) is 4.73. The van der Waals surface area contributed by atoms with Crippen molar-refractivity contribution in [1.29, 1.82) is 0 Å². The van der Waals surface area contributed by atoms with Crippen molar-refractivity contribution < 1.29 is 14.7 Å². The van der Waals surface area contributed by atoms with E-state index in [9.17, 15) is 9.59 Å². The van der Waals surface area contributed by atoms with Crippen molar-refractivity contribution in [2.24, 2.45) is 11.8 Å². The van der Waals surface area contributed by atoms with E-state index in [1.807, 2.05) is 13.8 Å². The number of carboxylic acids is 1. The zero-order valence-corrected chi connectivity index (χ0v) is 7.63. The van der Waals surface area contributed by atoms with E-state index in [-0.39, 0.29) is 11.5 Å². The molecule has 1 N–H and O–H groups in total. The van der Waals surface area contributed by atoms with Gasteiger partial charge in [-0.15, -0.1) is 0 Å². The molecule has 0 saturated carbocycles. The molecule has 0 aromatic carbocycles. The van der Waals surface area contributed by atoms with Crippen LogP contribution in [0.1, 0.15) is 27.2 Å². The summed E-state index contributed by atoms with van der Waals surface area (Å²) in [6.45, 7) is 5.36. The second-order valence-electron chi connectivity index (χ2n) is 3.31. The quantitative estimate of drug-likeness (QED) is 0.650. The highest BCUT2D eigenvalue weighted by atomic mass is 16.4. The minimum Gasteiger partial charge on any atom is -0.481 e. The Labute approximate surface area is 72.1 Å². The van der Waals surface area contributed by atoms with E-state index < -0.39 is 11.9 Å². The van der Waals surface area contributed by atoms with Gasteiger partial charge in [0, 0.05) is 5.57 Å². The summed E-state index contributed by atoms with van der Waals surface area (Å²) in [4.78, 5) is 20.8. The third-order valence-corrected chi connectivity index (χ3v) is 1.69. The summed E-state index contributed by atoms with van der Waals surface area (Å²) in [6, 6.07) is 0. The van der Waals surface area contributed by atoms with Crippen LogP contribution < -0.4 is 0 Å². The molecule has 1 atom stereocenters. The maximum absolute atomic E-state index is 10.6. The van der Waals surface area contributed by atoms with Crippen LogP contribution in [-0.4, -0.2) is 17.0 Å². The van der Waals surface area contributed by atoms with E-state index in [0.717, 1.165) is 0 Å². The number of carbonyl (C=O) groups is 1. The lowest BCUT2D eigenvalue weighted by atomic mass is 9.92. The van der Waals surface area contributed by atoms with Gasteiger partial charge in [0.2, 0.25) is 0 Å². The first-order chi connectivity index (χ1) is 5.49. The first-order valence-electron chi connectivity index (χ1n) is 3.93. The Morgan fingerprint density at radius 2 is 2.00 bits per heavy atom. The van der Waals surface area contributed by atoms with Crippen molar-refractivity contribution >= 4 is 11.9 Å². The van der Waals surface area contributed by atoms with E-state index in [0.29, 0.717) is 6.42 Å². The SMILES string of the molecule is CC(=C=O)[C@@H](CC(C)C)C(=O)O. The van der Waals surface area contributed by atoms with Crippen LogP contribution in [0.5, 0.6) is 0 Å². The van der Waals surface area contributed by atoms with Crippen molar-refractivity contribution in [2.75, 3.05) is 0 Å². The van der Waals surface area contributed by atoms with Crippen LogP contribution in [-0.2, 0) is 9.59 Å². The summed E-state index contributed by atoms with van der Waals surface area (Å²) < 4.78 is 0. The highest BCUT2D eigenvalue weighted by Gasteiger charge is 2.21. The van der Waals surface area contributed by atoms with Gasteiger partial charge in [0.25, 0.3) is 0 Å². The topological polar surface area (TPSA) is 54.4 Å². The fourth-order valence-corrected chi connectivity index (χ4v) is 1.01. The minimum atomic E-state index is -0.940. The highest BCUT2D eigenvalue weighted by Crippen LogP contribution is 2.17. The molecule has 0 heterocycles. The number of aliphatic carboxylic acids is 1. The molecule has 0 bridgehead atoms. The summed E-state index contributed by atoms with van der Waals surface area (Å²) in [7, 11) is 0. The Balaban J connectivity index is 4.45. The van der Waals surface area contributed by atoms with E-state index >= 15 is 0 Å². The normalized spacial score (nSPS) is 12.3. The van der Waals surface area contributed by atoms with Crippen LogP contribution in [0.4, 0.5) is 0 Å². The molecular weight excluding hydrogens is 156 g/mol. The molecule has 0 rings (SSSR count). The van der Waals surface area contributed by atoms with Gasteiger partial charge in [0.15, 0.2) is 0 Å². The van der Waals surface area contributed by atoms with Gasteiger partial charge in [-0.1, -0.05) is 13.8 Å². The molecule has 0 saturated heterocycles. The van der Waals surface area contributed by atoms with Crippen molar-refractivity contribution in [1.82, 2.24) is 0 Å². The van der Waals surface area contributed by atoms with Crippen molar-refractivity contribution in [3.8, 4) is 0 Å². The predicted molar refractivity (Wildman–Crippen MR) is 45.5 cm³/mol. The maximum Gasteiger partial charge on any atom is 0.311 e. The molecule has 3 nitrogen and oxygen atoms in total. The van der Waals surface area contributed by atoms with E-state index in [1.54, 1.807) is 5.94 Å². The summed E-state index contributed by atoms with van der Waals surface area (Å²) in [5.41, 5.74) is 0.274. The van der Waals surface area contributed by atoms with Crippen LogP contribution in [0.3, 0.4) is 0 Å². The van der Waals surface area contributed by atoms with Gasteiger partial charge in [-0.2, -0.15) is 0 Å². The molecular formula is C9H14O3. The zero-order chi connectivity index (χ0) is 9.72. The molecule has 0 spiro atoms. The number of carbonyl (C=O) groups excluding carboxylic acids is 1. The van der Waals surface area contributed by atoms with Gasteiger partial charge in [-0.3, -0.25) is 4.79 Å². The minimum absolute atomic E-state index is 0.273. The van der Waals surface area contributed by atoms with Gasteiger partial charge in [-0.05, 0) is 19.3 Å². The zero-order valence-electron chi connectivity index (χ0n) is 7.63. The lowest BCUT2D eigenvalue weighted by Gasteiger charge is -2.12. The van der Waals surface area contributed by atoms with Crippen LogP contribution in [0.15, 0.2) is 5.57 Å². The Bertz CT molecular complexity index is 212. The third kappa shape index (κ3) is 3.35. The molecule has 0 aromatic rings. The van der Waals surface area contributed by atoms with Crippen molar-refractivity contribution in [3.05, 3.63) is 5.57 Å². The molecule has 0 aliphatic rings. The van der Waals surface area contributed by atoms with Gasteiger partial charge in [-0.25, -0.2) is 4.79 Å². The molecule has 0 amide bonds. The molecule has 0 fully saturated rings. The fourth-order valence-electron chi connectivity index (χ4n) is 1.01. The lowest BCUT2D eigenvalue weighted by Crippen LogP contribution is -2.17. The third-order valence-electron chi connectivity index (χ3n) is 1.69. The van der Waals surface area contributed by atoms with Crippen molar-refractivity contribution in [3.63, 3.8) is 0 Å². The van der Waals surface area contributed by atoms with Crippen LogP contribution in [0.25, 0.3) is 0 Å². The molecule has 0 radical (unpaired) electrons. The van der Waals surface area contributed by atoms with Gasteiger partial charge < -0.3 is 5.11 Å². The number of hydrogen-bond donors (Lipinski definition) is 1. The standard InChI is InChI=1S/C9H14O3/c1-6(2)4-8(9(11)12)7(3)5-10/h6,8H,4H2,1-3H3,(H,11,12)/t8-/m1/s1. The monoisotopic (exact) mass is 170 g/mol. The lowest BCUT2D eigenvalue weighted by molar-refractivity contribution is -0.140. The Morgan fingerprint density at radius 3 is 2.25 bits per heavy atom. The Morgan fingerprint density at radius 1 is 1.50 bits per heavy atom. The largest absolute Gasteiger partial charge is 0.481 e. The molecule has 12 heavy (non-hydrogen) atoms. The number of carboxylic acid groups (broad SMARTS) is 1. The molecule has 0 aliphatic heterocycles. The summed E-state index contributed by atoms with van der Waals surface area (Å²) in [6.07, 6.45) is 0.496. The number of hydrogen-bond acceptors (Lipinski definition) is 2. The summed E-state index contributed by atoms with van der Waals surface area (Å²) >= 11 is 0. The van der Waals surface area contributed by atoms with Gasteiger partial charge in [0.05, 0.1) is 5.92 Å².